The van der Waals surface area contributed by atoms with Gasteiger partial charge in [-0.2, -0.15) is 5.10 Å². The van der Waals surface area contributed by atoms with Gasteiger partial charge in [-0.05, 0) is 44.2 Å². The van der Waals surface area contributed by atoms with Crippen molar-refractivity contribution >= 4 is 46.6 Å². The van der Waals surface area contributed by atoms with Gasteiger partial charge in [0.05, 0.1) is 21.3 Å². The Bertz CT molecular complexity index is 1460. The molecule has 1 fully saturated rings. The molecule has 0 saturated carbocycles. The van der Waals surface area contributed by atoms with E-state index in [1.54, 1.807) is 54.9 Å². The molecule has 0 bridgehead atoms. The van der Waals surface area contributed by atoms with Crippen LogP contribution in [0.5, 0.6) is 0 Å². The topological polar surface area (TPSA) is 64.9 Å². The first kappa shape index (κ1) is 27.0. The van der Waals surface area contributed by atoms with Crippen LogP contribution in [0.4, 0.5) is 20.7 Å². The van der Waals surface area contributed by atoms with Crippen LogP contribution in [0.15, 0.2) is 59.8 Å². The maximum Gasteiger partial charge on any atom is 0.329 e. The van der Waals surface area contributed by atoms with Crippen molar-refractivity contribution < 1.29 is 14.0 Å². The maximum absolute atomic E-state index is 14.3. The number of aryl methyl sites for hydroxylation is 1. The minimum atomic E-state index is -0.686. The first-order chi connectivity index (χ1) is 18.6. The summed E-state index contributed by atoms with van der Waals surface area (Å²) < 4.78 is 15.1. The summed E-state index contributed by atoms with van der Waals surface area (Å²) in [6.45, 7) is 5.69. The number of amides is 3. The lowest BCUT2D eigenvalue weighted by Crippen LogP contribution is -2.51. The Morgan fingerprint density at radius 3 is 2.31 bits per heavy atom. The molecule has 3 amide bonds. The van der Waals surface area contributed by atoms with Crippen LogP contribution in [-0.2, 0) is 4.79 Å². The number of halogens is 3. The van der Waals surface area contributed by atoms with Crippen molar-refractivity contribution in [2.24, 2.45) is 0 Å². The van der Waals surface area contributed by atoms with Crippen LogP contribution in [0.3, 0.4) is 0 Å². The molecule has 2 aliphatic heterocycles. The zero-order chi connectivity index (χ0) is 28.0. The molecule has 3 aromatic rings. The van der Waals surface area contributed by atoms with Gasteiger partial charge in [-0.15, -0.1) is 0 Å². The summed E-state index contributed by atoms with van der Waals surface area (Å²) in [7, 11) is 3.33. The molecule has 1 aromatic heterocycles. The molecule has 2 aliphatic rings. The van der Waals surface area contributed by atoms with E-state index in [2.05, 4.69) is 4.90 Å². The first-order valence-electron chi connectivity index (χ1n) is 12.6. The van der Waals surface area contributed by atoms with Crippen molar-refractivity contribution in [2.45, 2.75) is 19.9 Å². The standard InChI is InChI=1S/C28H29Cl2FN6O2/c1-17-16-23-36(28(39)33(3)4)18(2)24(26(37(23)32-17)21-6-5-7-22(29)25(21)30)27(38)35-14-12-34(13-15-35)20-10-8-19(31)9-11-20/h5-11,16,26H,12-15H2,1-4H3. The molecule has 39 heavy (non-hydrogen) atoms. The minimum Gasteiger partial charge on any atom is -0.368 e. The predicted octanol–water partition coefficient (Wildman–Crippen LogP) is 5.35. The smallest absolute Gasteiger partial charge is 0.329 e. The Balaban J connectivity index is 1.57. The van der Waals surface area contributed by atoms with Crippen molar-refractivity contribution in [3.05, 3.63) is 86.9 Å². The number of allylic oxidation sites excluding steroid dienone is 1. The van der Waals surface area contributed by atoms with E-state index in [0.29, 0.717) is 64.6 Å². The van der Waals surface area contributed by atoms with Gasteiger partial charge < -0.3 is 14.7 Å². The highest BCUT2D eigenvalue weighted by Gasteiger charge is 2.42. The fraction of sp³-hybridized carbons (Fsp3) is 0.321. The van der Waals surface area contributed by atoms with Gasteiger partial charge in [-0.25, -0.2) is 13.9 Å². The van der Waals surface area contributed by atoms with E-state index < -0.39 is 6.04 Å². The number of aromatic nitrogens is 2. The fourth-order valence-electron chi connectivity index (χ4n) is 5.19. The maximum atomic E-state index is 14.3. The number of urea groups is 1. The zero-order valence-corrected chi connectivity index (χ0v) is 23.7. The summed E-state index contributed by atoms with van der Waals surface area (Å²) in [4.78, 5) is 34.6. The van der Waals surface area contributed by atoms with E-state index >= 15 is 0 Å². The minimum absolute atomic E-state index is 0.206. The molecule has 3 heterocycles. The molecule has 8 nitrogen and oxygen atoms in total. The molecule has 0 aliphatic carbocycles. The lowest BCUT2D eigenvalue weighted by molar-refractivity contribution is -0.128. The van der Waals surface area contributed by atoms with E-state index in [0.717, 1.165) is 5.69 Å². The van der Waals surface area contributed by atoms with Gasteiger partial charge in [-0.3, -0.25) is 9.69 Å². The predicted molar refractivity (Wildman–Crippen MR) is 151 cm³/mol. The molecule has 1 unspecified atom stereocenters. The average Bonchev–Trinajstić information content (AvgIpc) is 3.30. The number of hydrogen-bond donors (Lipinski definition) is 0. The number of carbonyl (C=O) groups excluding carboxylic acids is 2. The van der Waals surface area contributed by atoms with Crippen LogP contribution in [0.2, 0.25) is 10.0 Å². The monoisotopic (exact) mass is 570 g/mol. The van der Waals surface area contributed by atoms with Crippen LogP contribution >= 0.6 is 23.2 Å². The SMILES string of the molecule is CC1=C(C(=O)N2CCN(c3ccc(F)cc3)CC2)C(c2cccc(Cl)c2Cl)n2nc(C)cc2N1C(=O)N(C)C. The summed E-state index contributed by atoms with van der Waals surface area (Å²) in [5.41, 5.74) is 3.13. The Morgan fingerprint density at radius 2 is 1.67 bits per heavy atom. The second kappa shape index (κ2) is 10.5. The van der Waals surface area contributed by atoms with Crippen molar-refractivity contribution in [3.63, 3.8) is 0 Å². The Morgan fingerprint density at radius 1 is 1.00 bits per heavy atom. The molecule has 0 N–H and O–H groups in total. The fourth-order valence-corrected chi connectivity index (χ4v) is 5.61. The van der Waals surface area contributed by atoms with Crippen LogP contribution < -0.4 is 9.80 Å². The van der Waals surface area contributed by atoms with Crippen LogP contribution in [-0.4, -0.2) is 71.8 Å². The van der Waals surface area contributed by atoms with Crippen molar-refractivity contribution in [1.82, 2.24) is 19.6 Å². The van der Waals surface area contributed by atoms with Gasteiger partial charge >= 0.3 is 6.03 Å². The van der Waals surface area contributed by atoms with E-state index in [1.165, 1.54) is 21.9 Å². The number of piperazine rings is 1. The van der Waals surface area contributed by atoms with Gasteiger partial charge in [-0.1, -0.05) is 35.3 Å². The highest BCUT2D eigenvalue weighted by Crippen LogP contribution is 2.44. The van der Waals surface area contributed by atoms with Crippen LogP contribution in [0, 0.1) is 12.7 Å². The average molecular weight is 571 g/mol. The molecular formula is C28H29Cl2FN6O2. The van der Waals surface area contributed by atoms with E-state index in [1.807, 2.05) is 19.1 Å². The zero-order valence-electron chi connectivity index (χ0n) is 22.2. The highest BCUT2D eigenvalue weighted by atomic mass is 35.5. The van der Waals surface area contributed by atoms with Crippen LogP contribution in [0.1, 0.15) is 24.2 Å². The van der Waals surface area contributed by atoms with E-state index in [-0.39, 0.29) is 17.8 Å². The third kappa shape index (κ3) is 4.85. The quantitative estimate of drug-likeness (QED) is 0.425. The number of carbonyl (C=O) groups is 2. The molecule has 0 spiro atoms. The largest absolute Gasteiger partial charge is 0.368 e. The molecule has 1 saturated heterocycles. The normalized spacial score (nSPS) is 17.4. The molecule has 11 heteroatoms. The van der Waals surface area contributed by atoms with Crippen molar-refractivity contribution in [1.29, 1.82) is 0 Å². The van der Waals surface area contributed by atoms with Gasteiger partial charge in [0.15, 0.2) is 0 Å². The number of anilines is 2. The van der Waals surface area contributed by atoms with Gasteiger partial charge in [0.1, 0.15) is 17.7 Å². The summed E-state index contributed by atoms with van der Waals surface area (Å²) in [5.74, 6) is 0.0492. The third-order valence-electron chi connectivity index (χ3n) is 7.15. The molecule has 2 aromatic carbocycles. The lowest BCUT2D eigenvalue weighted by Gasteiger charge is -2.41. The Kier molecular flexibility index (Phi) is 7.31. The second-order valence-electron chi connectivity index (χ2n) is 9.90. The second-order valence-corrected chi connectivity index (χ2v) is 10.7. The number of fused-ring (bicyclic) bond motifs is 1. The number of nitrogens with zero attached hydrogens (tertiary/aromatic N) is 6. The summed E-state index contributed by atoms with van der Waals surface area (Å²) in [6, 6.07) is 12.5. The summed E-state index contributed by atoms with van der Waals surface area (Å²) in [6.07, 6.45) is 0. The first-order valence-corrected chi connectivity index (χ1v) is 13.4. The molecule has 5 rings (SSSR count). The van der Waals surface area contributed by atoms with Gasteiger partial charge in [0.2, 0.25) is 0 Å². The number of benzene rings is 2. The third-order valence-corrected chi connectivity index (χ3v) is 7.98. The van der Waals surface area contributed by atoms with Gasteiger partial charge in [0.25, 0.3) is 5.91 Å². The van der Waals surface area contributed by atoms with Crippen molar-refractivity contribution in [3.8, 4) is 0 Å². The van der Waals surface area contributed by atoms with Crippen LogP contribution in [0.25, 0.3) is 0 Å². The summed E-state index contributed by atoms with van der Waals surface area (Å²) in [5, 5.41) is 5.39. The molecule has 204 valence electrons. The Hall–Kier alpha value is -3.56. The molecule has 0 radical (unpaired) electrons. The number of hydrogen-bond acceptors (Lipinski definition) is 4. The molecule has 1 atom stereocenters. The number of rotatable bonds is 3. The van der Waals surface area contributed by atoms with E-state index in [9.17, 15) is 14.0 Å². The summed E-state index contributed by atoms with van der Waals surface area (Å²) >= 11 is 13.1. The lowest BCUT2D eigenvalue weighted by atomic mass is 9.93. The van der Waals surface area contributed by atoms with Gasteiger partial charge in [0, 0.05) is 63.3 Å². The molecular weight excluding hydrogens is 542 g/mol. The Labute approximate surface area is 236 Å². The van der Waals surface area contributed by atoms with E-state index in [4.69, 9.17) is 28.3 Å². The highest BCUT2D eigenvalue weighted by molar-refractivity contribution is 6.42. The van der Waals surface area contributed by atoms with Crippen molar-refractivity contribution in [2.75, 3.05) is 50.1 Å².